The summed E-state index contributed by atoms with van der Waals surface area (Å²) >= 11 is 0. The molecule has 0 saturated carbocycles. The number of methoxy groups -OCH3 is 1. The molecule has 0 spiro atoms. The molecule has 2 amide bonds. The molecule has 9 heteroatoms. The summed E-state index contributed by atoms with van der Waals surface area (Å²) in [5, 5.41) is 9.78. The summed E-state index contributed by atoms with van der Waals surface area (Å²) in [5.74, 6) is -1.04. The molecule has 1 aliphatic rings. The Kier molecular flexibility index (Phi) is 5.83. The van der Waals surface area contributed by atoms with E-state index in [0.717, 1.165) is 0 Å². The monoisotopic (exact) mass is 388 g/mol. The van der Waals surface area contributed by atoms with E-state index in [9.17, 15) is 19.5 Å². The van der Waals surface area contributed by atoms with Crippen molar-refractivity contribution < 1.29 is 33.4 Å². The van der Waals surface area contributed by atoms with Crippen molar-refractivity contribution in [3.63, 3.8) is 0 Å². The number of phenols is 1. The van der Waals surface area contributed by atoms with E-state index in [1.54, 1.807) is 17.0 Å². The van der Waals surface area contributed by atoms with Gasteiger partial charge in [-0.25, -0.2) is 4.79 Å². The summed E-state index contributed by atoms with van der Waals surface area (Å²) in [6, 6.07) is 7.38. The molecule has 0 radical (unpaired) electrons. The predicted octanol–water partition coefficient (Wildman–Crippen LogP) is 1.14. The number of benzene rings is 1. The summed E-state index contributed by atoms with van der Waals surface area (Å²) in [4.78, 5) is 39.7. The Labute approximate surface area is 161 Å². The number of nitrogens with zero attached hydrogens (tertiary/aromatic N) is 2. The minimum absolute atomic E-state index is 0.0824. The van der Waals surface area contributed by atoms with Gasteiger partial charge in [0.1, 0.15) is 17.1 Å². The number of rotatable bonds is 5. The Morgan fingerprint density at radius 1 is 1.11 bits per heavy atom. The van der Waals surface area contributed by atoms with E-state index in [1.807, 2.05) is 0 Å². The van der Waals surface area contributed by atoms with Crippen LogP contribution in [0.2, 0.25) is 0 Å². The second kappa shape index (κ2) is 8.47. The van der Waals surface area contributed by atoms with Gasteiger partial charge in [-0.05, 0) is 30.3 Å². The van der Waals surface area contributed by atoms with Crippen LogP contribution in [0.15, 0.2) is 41.0 Å². The molecule has 1 saturated heterocycles. The van der Waals surface area contributed by atoms with Gasteiger partial charge in [-0.15, -0.1) is 0 Å². The van der Waals surface area contributed by atoms with Crippen LogP contribution < -0.4 is 4.74 Å². The fourth-order valence-electron chi connectivity index (χ4n) is 2.82. The number of phenolic OH excluding ortho intramolecular Hbond substituents is 1. The number of hydrogen-bond acceptors (Lipinski definition) is 7. The molecular formula is C19H20N2O7. The Hall–Kier alpha value is -3.49. The quantitative estimate of drug-likeness (QED) is 0.765. The lowest BCUT2D eigenvalue weighted by molar-refractivity contribution is -0.136. The van der Waals surface area contributed by atoms with Gasteiger partial charge in [-0.2, -0.15) is 0 Å². The summed E-state index contributed by atoms with van der Waals surface area (Å²) in [6.45, 7) is 0.911. The van der Waals surface area contributed by atoms with Crippen molar-refractivity contribution in [3.8, 4) is 11.5 Å². The third-order valence-corrected chi connectivity index (χ3v) is 4.40. The topological polar surface area (TPSA) is 110 Å². The first-order valence-electron chi connectivity index (χ1n) is 8.64. The van der Waals surface area contributed by atoms with Crippen LogP contribution in [0.4, 0.5) is 0 Å². The minimum atomic E-state index is -0.823. The average molecular weight is 388 g/mol. The smallest absolute Gasteiger partial charge is 0.342 e. The summed E-state index contributed by atoms with van der Waals surface area (Å²) in [6.07, 6.45) is 1.43. The van der Waals surface area contributed by atoms with Crippen molar-refractivity contribution in [1.29, 1.82) is 0 Å². The molecule has 1 fully saturated rings. The Balaban J connectivity index is 1.49. The molecule has 1 aliphatic heterocycles. The lowest BCUT2D eigenvalue weighted by atomic mass is 10.2. The summed E-state index contributed by atoms with van der Waals surface area (Å²) in [5.41, 5.74) is -0.0824. The molecule has 1 aromatic carbocycles. The zero-order chi connectivity index (χ0) is 20.1. The first-order chi connectivity index (χ1) is 13.5. The van der Waals surface area contributed by atoms with E-state index in [1.165, 1.54) is 36.5 Å². The molecule has 28 heavy (non-hydrogen) atoms. The third-order valence-electron chi connectivity index (χ3n) is 4.40. The number of furan rings is 1. The number of aromatic hydroxyl groups is 1. The number of esters is 1. The molecule has 9 nitrogen and oxygen atoms in total. The SMILES string of the molecule is COc1ccc(O)c(C(=O)OCC(=O)N2CCN(C(=O)c3ccco3)CC2)c1. The Morgan fingerprint density at radius 2 is 1.82 bits per heavy atom. The van der Waals surface area contributed by atoms with Crippen LogP contribution >= 0.6 is 0 Å². The van der Waals surface area contributed by atoms with Crippen LogP contribution in [0.5, 0.6) is 11.5 Å². The maximum absolute atomic E-state index is 12.3. The molecule has 148 valence electrons. The van der Waals surface area contributed by atoms with Crippen molar-refractivity contribution in [2.45, 2.75) is 0 Å². The highest BCUT2D eigenvalue weighted by Crippen LogP contribution is 2.23. The molecule has 2 heterocycles. The van der Waals surface area contributed by atoms with E-state index in [4.69, 9.17) is 13.9 Å². The minimum Gasteiger partial charge on any atom is -0.507 e. The maximum atomic E-state index is 12.3. The lowest BCUT2D eigenvalue weighted by Gasteiger charge is -2.34. The van der Waals surface area contributed by atoms with Crippen molar-refractivity contribution >= 4 is 17.8 Å². The molecule has 0 atom stereocenters. The first-order valence-corrected chi connectivity index (χ1v) is 8.64. The number of hydrogen-bond donors (Lipinski definition) is 1. The number of carbonyl (C=O) groups is 3. The third kappa shape index (κ3) is 4.25. The number of carbonyl (C=O) groups excluding carboxylic acids is 3. The fraction of sp³-hybridized carbons (Fsp3) is 0.316. The van der Waals surface area contributed by atoms with E-state index in [0.29, 0.717) is 31.9 Å². The zero-order valence-electron chi connectivity index (χ0n) is 15.3. The van der Waals surface area contributed by atoms with Crippen molar-refractivity contribution in [2.75, 3.05) is 39.9 Å². The van der Waals surface area contributed by atoms with Crippen LogP contribution in [-0.2, 0) is 9.53 Å². The molecule has 1 N–H and O–H groups in total. The molecule has 2 aromatic rings. The molecule has 0 aliphatic carbocycles. The van der Waals surface area contributed by atoms with E-state index in [2.05, 4.69) is 0 Å². The number of amides is 2. The fourth-order valence-corrected chi connectivity index (χ4v) is 2.82. The van der Waals surface area contributed by atoms with Gasteiger partial charge in [-0.1, -0.05) is 0 Å². The van der Waals surface area contributed by atoms with Gasteiger partial charge in [-0.3, -0.25) is 9.59 Å². The molecule has 3 rings (SSSR count). The molecule has 1 aromatic heterocycles. The van der Waals surface area contributed by atoms with Crippen molar-refractivity contribution in [3.05, 3.63) is 47.9 Å². The lowest BCUT2D eigenvalue weighted by Crippen LogP contribution is -2.51. The highest BCUT2D eigenvalue weighted by atomic mass is 16.5. The zero-order valence-corrected chi connectivity index (χ0v) is 15.3. The highest BCUT2D eigenvalue weighted by Gasteiger charge is 2.26. The van der Waals surface area contributed by atoms with Gasteiger partial charge < -0.3 is 28.8 Å². The number of piperazine rings is 1. The van der Waals surface area contributed by atoms with Crippen LogP contribution in [0, 0.1) is 0 Å². The first kappa shape index (κ1) is 19.3. The second-order valence-corrected chi connectivity index (χ2v) is 6.11. The Morgan fingerprint density at radius 3 is 2.46 bits per heavy atom. The van der Waals surface area contributed by atoms with Gasteiger partial charge in [0, 0.05) is 26.2 Å². The highest BCUT2D eigenvalue weighted by molar-refractivity contribution is 5.94. The second-order valence-electron chi connectivity index (χ2n) is 6.11. The summed E-state index contributed by atoms with van der Waals surface area (Å²) < 4.78 is 15.1. The standard InChI is InChI=1S/C19H20N2O7/c1-26-13-4-5-15(22)14(11-13)19(25)28-12-17(23)20-6-8-21(9-7-20)18(24)16-3-2-10-27-16/h2-5,10-11,22H,6-9,12H2,1H3. The van der Waals surface area contributed by atoms with Crippen LogP contribution in [0.1, 0.15) is 20.9 Å². The van der Waals surface area contributed by atoms with Crippen LogP contribution in [0.3, 0.4) is 0 Å². The molecule has 0 bridgehead atoms. The average Bonchev–Trinajstić information content (AvgIpc) is 3.26. The van der Waals surface area contributed by atoms with E-state index < -0.39 is 12.6 Å². The van der Waals surface area contributed by atoms with E-state index >= 15 is 0 Å². The Bertz CT molecular complexity index is 855. The maximum Gasteiger partial charge on any atom is 0.342 e. The van der Waals surface area contributed by atoms with Gasteiger partial charge in [0.25, 0.3) is 11.8 Å². The van der Waals surface area contributed by atoms with Gasteiger partial charge in [0.2, 0.25) is 0 Å². The largest absolute Gasteiger partial charge is 0.507 e. The molecule has 0 unspecified atom stereocenters. The van der Waals surface area contributed by atoms with Crippen molar-refractivity contribution in [1.82, 2.24) is 9.80 Å². The molecular weight excluding hydrogens is 368 g/mol. The van der Waals surface area contributed by atoms with Crippen LogP contribution in [0.25, 0.3) is 0 Å². The van der Waals surface area contributed by atoms with Crippen molar-refractivity contribution in [2.24, 2.45) is 0 Å². The van der Waals surface area contributed by atoms with Gasteiger partial charge >= 0.3 is 5.97 Å². The van der Waals surface area contributed by atoms with Gasteiger partial charge in [0.15, 0.2) is 12.4 Å². The van der Waals surface area contributed by atoms with E-state index in [-0.39, 0.29) is 28.9 Å². The predicted molar refractivity (Wildman–Crippen MR) is 96.1 cm³/mol. The van der Waals surface area contributed by atoms with Gasteiger partial charge in [0.05, 0.1) is 13.4 Å². The number of ether oxygens (including phenoxy) is 2. The normalized spacial score (nSPS) is 13.9. The van der Waals surface area contributed by atoms with Crippen LogP contribution in [-0.4, -0.2) is 72.6 Å². The summed E-state index contributed by atoms with van der Waals surface area (Å²) in [7, 11) is 1.43.